The van der Waals surface area contributed by atoms with Gasteiger partial charge in [0.05, 0.1) is 41.9 Å². The number of carboxylic acid groups (broad SMARTS) is 1. The van der Waals surface area contributed by atoms with Gasteiger partial charge in [0.2, 0.25) is 0 Å². The Labute approximate surface area is 285 Å². The predicted molar refractivity (Wildman–Crippen MR) is 175 cm³/mol. The Hall–Kier alpha value is -1.71. The van der Waals surface area contributed by atoms with Crippen LogP contribution in [0.5, 0.6) is 0 Å². The van der Waals surface area contributed by atoms with Gasteiger partial charge in [-0.05, 0) is 66.3 Å². The number of hydrogen-bond acceptors (Lipinski definition) is 12. The largest absolute Gasteiger partial charge is 0.481 e. The minimum absolute atomic E-state index is 0.00765. The zero-order valence-corrected chi connectivity index (χ0v) is 30.6. The van der Waals surface area contributed by atoms with Gasteiger partial charge in [0.1, 0.15) is 23.6 Å². The van der Waals surface area contributed by atoms with Gasteiger partial charge in [0, 0.05) is 44.6 Å². The summed E-state index contributed by atoms with van der Waals surface area (Å²) in [5.74, 6) is -5.24. The van der Waals surface area contributed by atoms with Gasteiger partial charge in [0.25, 0.3) is 0 Å². The first-order valence-corrected chi connectivity index (χ1v) is 17.4. The molecule has 16 atom stereocenters. The van der Waals surface area contributed by atoms with Crippen LogP contribution in [0.2, 0.25) is 0 Å². The SMILES string of the molecule is CC[C@H]1OC(=O)[C@H](C)[C@@H](OC)[C@H](C)[C@@H](O[C@@H]2O[C@H](C)C[C@H](N(C)C[C@@H]3C[C@H]3C(=O)O)[C@H]2O)[C@](C)(OC)C[C@@H](C)C(=O)[C@H](C)[C@@H](O)[C@]1(C)O. The van der Waals surface area contributed by atoms with Crippen molar-refractivity contribution in [3.8, 4) is 0 Å². The van der Waals surface area contributed by atoms with E-state index in [1.807, 2.05) is 25.8 Å². The molecule has 2 saturated heterocycles. The van der Waals surface area contributed by atoms with Crippen molar-refractivity contribution in [2.75, 3.05) is 27.8 Å². The van der Waals surface area contributed by atoms with Gasteiger partial charge in [-0.25, -0.2) is 0 Å². The van der Waals surface area contributed by atoms with E-state index in [9.17, 15) is 34.8 Å². The maximum atomic E-state index is 13.8. The van der Waals surface area contributed by atoms with E-state index in [1.54, 1.807) is 34.6 Å². The van der Waals surface area contributed by atoms with Crippen LogP contribution in [-0.2, 0) is 38.1 Å². The fraction of sp³-hybridized carbons (Fsp3) is 0.914. The first-order valence-electron chi connectivity index (χ1n) is 17.4. The van der Waals surface area contributed by atoms with Gasteiger partial charge < -0.3 is 49.0 Å². The highest BCUT2D eigenvalue weighted by Crippen LogP contribution is 2.42. The molecule has 3 aliphatic rings. The number of ether oxygens (including phenoxy) is 5. The Morgan fingerprint density at radius 2 is 1.67 bits per heavy atom. The van der Waals surface area contributed by atoms with Gasteiger partial charge >= 0.3 is 11.9 Å². The number of rotatable bonds is 9. The number of ketones is 1. The molecule has 0 radical (unpaired) electrons. The number of carbonyl (C=O) groups is 3. The minimum atomic E-state index is -1.91. The van der Waals surface area contributed by atoms with Gasteiger partial charge in [-0.2, -0.15) is 0 Å². The zero-order chi connectivity index (χ0) is 36.5. The van der Waals surface area contributed by atoms with Crippen LogP contribution in [-0.4, -0.2) is 131 Å². The number of hydrogen-bond donors (Lipinski definition) is 4. The molecular formula is C35H61NO12. The molecule has 0 aromatic rings. The van der Waals surface area contributed by atoms with Gasteiger partial charge in [-0.15, -0.1) is 0 Å². The maximum absolute atomic E-state index is 13.8. The third-order valence-electron chi connectivity index (χ3n) is 11.4. The van der Waals surface area contributed by atoms with E-state index in [4.69, 9.17) is 23.7 Å². The van der Waals surface area contributed by atoms with Crippen LogP contribution in [0.3, 0.4) is 0 Å². The summed E-state index contributed by atoms with van der Waals surface area (Å²) >= 11 is 0. The number of esters is 1. The first-order chi connectivity index (χ1) is 22.2. The van der Waals surface area contributed by atoms with Gasteiger partial charge in [-0.3, -0.25) is 14.4 Å². The number of likely N-dealkylation sites (N-methyl/N-ethyl adjacent to an activating group) is 1. The van der Waals surface area contributed by atoms with Crippen molar-refractivity contribution < 1.29 is 58.5 Å². The van der Waals surface area contributed by atoms with Crippen LogP contribution < -0.4 is 0 Å². The summed E-state index contributed by atoms with van der Waals surface area (Å²) in [7, 11) is 4.84. The van der Waals surface area contributed by atoms with Crippen molar-refractivity contribution in [1.29, 1.82) is 0 Å². The highest BCUT2D eigenvalue weighted by molar-refractivity contribution is 5.83. The second-order valence-corrected chi connectivity index (χ2v) is 15.2. The lowest BCUT2D eigenvalue weighted by molar-refractivity contribution is -0.302. The van der Waals surface area contributed by atoms with Crippen molar-refractivity contribution in [3.05, 3.63) is 0 Å². The van der Waals surface area contributed by atoms with Crippen LogP contribution in [0.15, 0.2) is 0 Å². The second-order valence-electron chi connectivity index (χ2n) is 15.2. The summed E-state index contributed by atoms with van der Waals surface area (Å²) in [6, 6.07) is -0.384. The molecule has 0 amide bonds. The van der Waals surface area contributed by atoms with E-state index in [0.29, 0.717) is 19.4 Å². The number of carbonyl (C=O) groups excluding carboxylic acids is 2. The molecule has 2 heterocycles. The van der Waals surface area contributed by atoms with Crippen molar-refractivity contribution in [1.82, 2.24) is 4.90 Å². The molecule has 0 spiro atoms. The lowest BCUT2D eigenvalue weighted by atomic mass is 9.74. The molecule has 1 saturated carbocycles. The van der Waals surface area contributed by atoms with Crippen molar-refractivity contribution in [3.63, 3.8) is 0 Å². The number of carboxylic acids is 1. The third-order valence-corrected chi connectivity index (χ3v) is 11.4. The van der Waals surface area contributed by atoms with Crippen LogP contribution in [0.25, 0.3) is 0 Å². The lowest BCUT2D eigenvalue weighted by Gasteiger charge is -2.48. The molecule has 3 rings (SSSR count). The Morgan fingerprint density at radius 3 is 2.19 bits per heavy atom. The molecular weight excluding hydrogens is 626 g/mol. The number of aliphatic carboxylic acids is 1. The second kappa shape index (κ2) is 16.1. The maximum Gasteiger partial charge on any atom is 0.311 e. The van der Waals surface area contributed by atoms with E-state index in [0.717, 1.165) is 0 Å². The van der Waals surface area contributed by atoms with Gasteiger partial charge in [-0.1, -0.05) is 27.7 Å². The Morgan fingerprint density at radius 1 is 1.04 bits per heavy atom. The molecule has 4 N–H and O–H groups in total. The van der Waals surface area contributed by atoms with Crippen LogP contribution in [0.4, 0.5) is 0 Å². The lowest BCUT2D eigenvalue weighted by Crippen LogP contribution is -2.61. The molecule has 0 aromatic carbocycles. The summed E-state index contributed by atoms with van der Waals surface area (Å²) < 4.78 is 30.8. The van der Waals surface area contributed by atoms with E-state index in [-0.39, 0.29) is 42.6 Å². The Balaban J connectivity index is 2.02. The summed E-state index contributed by atoms with van der Waals surface area (Å²) in [5, 5.41) is 43.7. The first kappa shape index (κ1) is 40.7. The molecule has 13 heteroatoms. The molecule has 0 bridgehead atoms. The van der Waals surface area contributed by atoms with E-state index in [1.165, 1.54) is 21.1 Å². The number of nitrogens with zero attached hydrogens (tertiary/aromatic N) is 1. The predicted octanol–water partition coefficient (Wildman–Crippen LogP) is 2.26. The third kappa shape index (κ3) is 8.59. The number of Topliss-reactive ketones (excluding diaryl/α,β-unsaturated/α-hetero) is 1. The molecule has 3 fully saturated rings. The van der Waals surface area contributed by atoms with Crippen molar-refractivity contribution >= 4 is 17.7 Å². The smallest absolute Gasteiger partial charge is 0.311 e. The topological polar surface area (TPSA) is 182 Å². The highest BCUT2D eigenvalue weighted by Gasteiger charge is 2.53. The van der Waals surface area contributed by atoms with Gasteiger partial charge in [0.15, 0.2) is 6.29 Å². The average Bonchev–Trinajstić information content (AvgIpc) is 3.81. The quantitative estimate of drug-likeness (QED) is 0.260. The summed E-state index contributed by atoms with van der Waals surface area (Å²) in [6.07, 6.45) is -5.40. The molecule has 0 unspecified atom stereocenters. The molecule has 0 aromatic heterocycles. The monoisotopic (exact) mass is 687 g/mol. The summed E-state index contributed by atoms with van der Waals surface area (Å²) in [5.41, 5.74) is -3.09. The molecule has 278 valence electrons. The fourth-order valence-electron chi connectivity index (χ4n) is 8.17. The average molecular weight is 688 g/mol. The molecule has 1 aliphatic carbocycles. The molecule has 13 nitrogen and oxygen atoms in total. The van der Waals surface area contributed by atoms with E-state index in [2.05, 4.69) is 0 Å². The molecule has 48 heavy (non-hydrogen) atoms. The number of aliphatic hydroxyl groups is 3. The Bertz CT molecular complexity index is 1120. The van der Waals surface area contributed by atoms with E-state index >= 15 is 0 Å². The zero-order valence-electron chi connectivity index (χ0n) is 30.6. The van der Waals surface area contributed by atoms with Crippen LogP contribution in [0, 0.1) is 35.5 Å². The van der Waals surface area contributed by atoms with Crippen LogP contribution in [0.1, 0.15) is 81.1 Å². The minimum Gasteiger partial charge on any atom is -0.481 e. The van der Waals surface area contributed by atoms with Crippen molar-refractivity contribution in [2.45, 2.75) is 141 Å². The number of methoxy groups -OCH3 is 2. The standard InChI is InChI=1S/C35H61NO12/c1-12-25-35(8,43)29(39)19(4)26(37)17(2)15-34(7,45-11)30(20(5)28(44-10)21(6)32(42)47-25)48-33-27(38)24(13-18(3)46-33)36(9)16-22-14-23(22)31(40)41/h17-25,27-30,33,38-39,43H,12-16H2,1-11H3,(H,40,41)/t17-,18-,19+,20+,21-,22+,23-,24+,25-,27-,28+,29-,30-,33+,34-,35-/m1/s1. The normalized spacial score (nSPS) is 46.6. The number of cyclic esters (lactones) is 1. The van der Waals surface area contributed by atoms with E-state index < -0.39 is 83.6 Å². The fourth-order valence-corrected chi connectivity index (χ4v) is 8.17. The Kier molecular flexibility index (Phi) is 13.7. The van der Waals surface area contributed by atoms with Crippen LogP contribution >= 0.6 is 0 Å². The highest BCUT2D eigenvalue weighted by atomic mass is 16.7. The molecule has 2 aliphatic heterocycles. The summed E-state index contributed by atoms with van der Waals surface area (Å²) in [4.78, 5) is 40.8. The number of aliphatic hydroxyl groups excluding tert-OH is 2. The van der Waals surface area contributed by atoms with Crippen molar-refractivity contribution in [2.24, 2.45) is 35.5 Å². The summed E-state index contributed by atoms with van der Waals surface area (Å²) in [6.45, 7) is 14.1.